The lowest BCUT2D eigenvalue weighted by Gasteiger charge is -2.38. The molecule has 3 heterocycles. The number of sulfonamides is 1. The average Bonchev–Trinajstić information content (AvgIpc) is 3.48. The molecular formula is C23H25ClFN5O3S2. The lowest BCUT2D eigenvalue weighted by Crippen LogP contribution is -2.52. The van der Waals surface area contributed by atoms with Gasteiger partial charge in [0.2, 0.25) is 5.91 Å². The zero-order chi connectivity index (χ0) is 24.6. The number of carbonyl (C=O) groups excluding carboxylic acids is 1. The standard InChI is InChI=1S/C23H23ClFN5O3S2.H2/c24-19-15-16(25)1-6-20(19)28-10-12-29(13-11-28)21-7-9-30(22(21)31)17-2-4-18(5-3-17)35(32,33)27-23-26-8-14-34-23;/h1-6,8,14-15,21H,7,9-13H2,(H,26,27);1H/t21-;/m0./s1. The molecule has 1 amide bonds. The number of thiazole rings is 1. The highest BCUT2D eigenvalue weighted by Gasteiger charge is 2.38. The minimum atomic E-state index is -3.75. The molecule has 5 rings (SSSR count). The summed E-state index contributed by atoms with van der Waals surface area (Å²) in [5.41, 5.74) is 1.47. The van der Waals surface area contributed by atoms with Crippen LogP contribution in [0.4, 0.5) is 20.9 Å². The van der Waals surface area contributed by atoms with Gasteiger partial charge in [-0.25, -0.2) is 17.8 Å². The molecule has 2 fully saturated rings. The van der Waals surface area contributed by atoms with Crippen molar-refractivity contribution >= 4 is 55.4 Å². The summed E-state index contributed by atoms with van der Waals surface area (Å²) >= 11 is 7.41. The van der Waals surface area contributed by atoms with Crippen LogP contribution in [-0.2, 0) is 14.8 Å². The topological polar surface area (TPSA) is 85.9 Å². The van der Waals surface area contributed by atoms with E-state index in [1.807, 2.05) is 0 Å². The molecule has 2 aliphatic rings. The monoisotopic (exact) mass is 537 g/mol. The third kappa shape index (κ3) is 4.99. The van der Waals surface area contributed by atoms with Gasteiger partial charge in [0.25, 0.3) is 10.0 Å². The van der Waals surface area contributed by atoms with Crippen molar-refractivity contribution in [1.29, 1.82) is 0 Å². The van der Waals surface area contributed by atoms with Gasteiger partial charge in [-0.15, -0.1) is 11.3 Å². The van der Waals surface area contributed by atoms with Crippen molar-refractivity contribution in [3.63, 3.8) is 0 Å². The first kappa shape index (κ1) is 24.0. The minimum absolute atomic E-state index is 0. The molecule has 0 unspecified atom stereocenters. The van der Waals surface area contributed by atoms with Gasteiger partial charge in [0.15, 0.2) is 5.13 Å². The SMILES string of the molecule is O=C1[C@@H](N2CCN(c3ccc(F)cc3Cl)CC2)CCN1c1ccc(S(=O)(=O)Nc2nccs2)cc1.[HH]. The largest absolute Gasteiger partial charge is 0.368 e. The summed E-state index contributed by atoms with van der Waals surface area (Å²) in [6, 6.07) is 10.5. The fourth-order valence-electron chi connectivity index (χ4n) is 4.53. The fraction of sp³-hybridized carbons (Fsp3) is 0.304. The number of carbonyl (C=O) groups is 1. The highest BCUT2D eigenvalue weighted by Crippen LogP contribution is 2.30. The van der Waals surface area contributed by atoms with Gasteiger partial charge in [-0.1, -0.05) is 11.6 Å². The summed E-state index contributed by atoms with van der Waals surface area (Å²) in [6.07, 6.45) is 2.22. The number of benzene rings is 2. The van der Waals surface area contributed by atoms with Gasteiger partial charge in [0, 0.05) is 51.4 Å². The third-order valence-electron chi connectivity index (χ3n) is 6.30. The van der Waals surface area contributed by atoms with E-state index in [-0.39, 0.29) is 24.1 Å². The Morgan fingerprint density at radius 1 is 1.09 bits per heavy atom. The zero-order valence-electron chi connectivity index (χ0n) is 18.6. The predicted molar refractivity (Wildman–Crippen MR) is 137 cm³/mol. The molecule has 2 aromatic carbocycles. The Morgan fingerprint density at radius 3 is 2.49 bits per heavy atom. The Kier molecular flexibility index (Phi) is 6.67. The number of halogens is 2. The number of piperazine rings is 1. The first-order valence-electron chi connectivity index (χ1n) is 11.1. The van der Waals surface area contributed by atoms with Crippen LogP contribution in [0.3, 0.4) is 0 Å². The summed E-state index contributed by atoms with van der Waals surface area (Å²) in [5.74, 6) is -0.356. The first-order valence-corrected chi connectivity index (χ1v) is 13.8. The number of aromatic nitrogens is 1. The average molecular weight is 538 g/mol. The van der Waals surface area contributed by atoms with Crippen molar-refractivity contribution in [3.05, 3.63) is 64.9 Å². The smallest absolute Gasteiger partial charge is 0.263 e. The van der Waals surface area contributed by atoms with E-state index < -0.39 is 10.0 Å². The molecule has 12 heteroatoms. The minimum Gasteiger partial charge on any atom is -0.368 e. The molecule has 35 heavy (non-hydrogen) atoms. The number of hydrogen-bond acceptors (Lipinski definition) is 7. The van der Waals surface area contributed by atoms with Crippen molar-refractivity contribution < 1.29 is 19.0 Å². The summed E-state index contributed by atoms with van der Waals surface area (Å²) in [7, 11) is -3.75. The molecule has 2 aliphatic heterocycles. The Bertz CT molecular complexity index is 1320. The van der Waals surface area contributed by atoms with E-state index in [2.05, 4.69) is 19.5 Å². The molecule has 186 valence electrons. The summed E-state index contributed by atoms with van der Waals surface area (Å²) in [4.78, 5) is 23.3. The quantitative estimate of drug-likeness (QED) is 0.513. The number of hydrogen-bond donors (Lipinski definition) is 1. The van der Waals surface area contributed by atoms with Crippen LogP contribution >= 0.6 is 22.9 Å². The highest BCUT2D eigenvalue weighted by molar-refractivity contribution is 7.93. The van der Waals surface area contributed by atoms with Crippen molar-refractivity contribution in [2.24, 2.45) is 0 Å². The Labute approximate surface area is 213 Å². The maximum atomic E-state index is 13.4. The molecule has 3 aromatic rings. The van der Waals surface area contributed by atoms with Gasteiger partial charge in [0.05, 0.1) is 21.6 Å². The number of anilines is 3. The maximum absolute atomic E-state index is 13.4. The second kappa shape index (κ2) is 9.73. The molecular weight excluding hydrogens is 513 g/mol. The normalized spacial score (nSPS) is 19.4. The highest BCUT2D eigenvalue weighted by atomic mass is 35.5. The van der Waals surface area contributed by atoms with Crippen molar-refractivity contribution in [2.45, 2.75) is 17.4 Å². The van der Waals surface area contributed by atoms with E-state index in [1.165, 1.54) is 41.8 Å². The van der Waals surface area contributed by atoms with Crippen LogP contribution in [0.2, 0.25) is 5.02 Å². The maximum Gasteiger partial charge on any atom is 0.263 e. The number of nitrogens with one attached hydrogen (secondary N) is 1. The van der Waals surface area contributed by atoms with Crippen LogP contribution in [0.1, 0.15) is 7.85 Å². The Morgan fingerprint density at radius 2 is 1.83 bits per heavy atom. The third-order valence-corrected chi connectivity index (χ3v) is 8.77. The molecule has 0 aliphatic carbocycles. The van der Waals surface area contributed by atoms with E-state index in [4.69, 9.17) is 11.6 Å². The predicted octanol–water partition coefficient (Wildman–Crippen LogP) is 3.91. The van der Waals surface area contributed by atoms with Gasteiger partial charge >= 0.3 is 0 Å². The van der Waals surface area contributed by atoms with E-state index in [0.29, 0.717) is 55.0 Å². The molecule has 2 saturated heterocycles. The van der Waals surface area contributed by atoms with Crippen LogP contribution < -0.4 is 14.5 Å². The van der Waals surface area contributed by atoms with Crippen LogP contribution in [-0.4, -0.2) is 63.0 Å². The first-order chi connectivity index (χ1) is 16.8. The zero-order valence-corrected chi connectivity index (χ0v) is 21.0. The number of nitrogens with zero attached hydrogens (tertiary/aromatic N) is 4. The molecule has 8 nitrogen and oxygen atoms in total. The summed E-state index contributed by atoms with van der Waals surface area (Å²) < 4.78 is 40.9. The number of amides is 1. The van der Waals surface area contributed by atoms with Crippen molar-refractivity contribution in [3.8, 4) is 0 Å². The second-order valence-electron chi connectivity index (χ2n) is 8.35. The molecule has 1 N–H and O–H groups in total. The van der Waals surface area contributed by atoms with Gasteiger partial charge in [0.1, 0.15) is 5.82 Å². The number of rotatable bonds is 6. The Balaban J connectivity index is 0.00000304. The van der Waals surface area contributed by atoms with E-state index in [0.717, 1.165) is 5.69 Å². The molecule has 0 spiro atoms. The van der Waals surface area contributed by atoms with E-state index in [1.54, 1.807) is 28.5 Å². The van der Waals surface area contributed by atoms with Gasteiger partial charge in [-0.05, 0) is 48.9 Å². The van der Waals surface area contributed by atoms with Gasteiger partial charge < -0.3 is 9.80 Å². The summed E-state index contributed by atoms with van der Waals surface area (Å²) in [6.45, 7) is 3.33. The molecule has 0 bridgehead atoms. The second-order valence-corrected chi connectivity index (χ2v) is 11.3. The lowest BCUT2D eigenvalue weighted by molar-refractivity contribution is -0.121. The van der Waals surface area contributed by atoms with Crippen LogP contribution in [0.5, 0.6) is 0 Å². The van der Waals surface area contributed by atoms with Crippen LogP contribution in [0.15, 0.2) is 58.9 Å². The molecule has 0 radical (unpaired) electrons. The summed E-state index contributed by atoms with van der Waals surface area (Å²) in [5, 5.41) is 2.37. The Hall–Kier alpha value is -2.73. The van der Waals surface area contributed by atoms with E-state index >= 15 is 0 Å². The van der Waals surface area contributed by atoms with Gasteiger partial charge in [-0.3, -0.25) is 14.4 Å². The molecule has 1 atom stereocenters. The van der Waals surface area contributed by atoms with E-state index in [9.17, 15) is 17.6 Å². The van der Waals surface area contributed by atoms with Crippen molar-refractivity contribution in [1.82, 2.24) is 9.88 Å². The fourth-order valence-corrected chi connectivity index (χ4v) is 6.60. The van der Waals surface area contributed by atoms with Crippen LogP contribution in [0, 0.1) is 5.82 Å². The molecule has 1 aromatic heterocycles. The van der Waals surface area contributed by atoms with Crippen molar-refractivity contribution in [2.75, 3.05) is 47.2 Å². The van der Waals surface area contributed by atoms with Crippen LogP contribution in [0.25, 0.3) is 0 Å². The molecule has 0 saturated carbocycles. The van der Waals surface area contributed by atoms with Gasteiger partial charge in [-0.2, -0.15) is 0 Å². The lowest BCUT2D eigenvalue weighted by atomic mass is 10.1.